The highest BCUT2D eigenvalue weighted by Crippen LogP contribution is 2.19. The van der Waals surface area contributed by atoms with E-state index in [9.17, 15) is 13.2 Å². The van der Waals surface area contributed by atoms with Gasteiger partial charge in [-0.05, 0) is 30.5 Å². The average molecular weight is 403 g/mol. The molecule has 27 heavy (non-hydrogen) atoms. The first-order chi connectivity index (χ1) is 12.9. The molecule has 0 N–H and O–H groups in total. The normalized spacial score (nSPS) is 12.6. The topological polar surface area (TPSA) is 68.5 Å². The summed E-state index contributed by atoms with van der Waals surface area (Å²) >= 11 is 1.46. The van der Waals surface area contributed by atoms with Crippen LogP contribution in [0.5, 0.6) is 0 Å². The molecule has 2 aromatic carbocycles. The lowest BCUT2D eigenvalue weighted by molar-refractivity contribution is -0.118. The molecule has 0 radical (unpaired) electrons. The molecule has 0 atom stereocenters. The number of hydrogen-bond acceptors (Lipinski definition) is 4. The Morgan fingerprint density at radius 3 is 2.56 bits per heavy atom. The first-order valence-corrected chi connectivity index (χ1v) is 11.4. The highest BCUT2D eigenvalue weighted by atomic mass is 32.2. The molecule has 0 fully saturated rings. The van der Waals surface area contributed by atoms with E-state index < -0.39 is 9.84 Å². The average Bonchev–Trinajstić information content (AvgIpc) is 2.92. The number of thiazole rings is 1. The van der Waals surface area contributed by atoms with Crippen molar-refractivity contribution in [3.63, 3.8) is 0 Å². The molecule has 0 aliphatic carbocycles. The van der Waals surface area contributed by atoms with Gasteiger partial charge in [-0.2, -0.15) is 4.99 Å². The molecule has 0 unspecified atom stereocenters. The van der Waals surface area contributed by atoms with E-state index in [0.29, 0.717) is 4.80 Å². The first-order valence-electron chi connectivity index (χ1n) is 8.73. The summed E-state index contributed by atoms with van der Waals surface area (Å²) in [6.07, 6.45) is 0.409. The first kappa shape index (κ1) is 19.5. The van der Waals surface area contributed by atoms with E-state index in [-0.39, 0.29) is 30.3 Å². The molecule has 142 valence electrons. The fourth-order valence-corrected chi connectivity index (χ4v) is 5.55. The number of rotatable bonds is 6. The Kier molecular flexibility index (Phi) is 5.92. The number of amides is 1. The van der Waals surface area contributed by atoms with Crippen molar-refractivity contribution in [1.29, 1.82) is 0 Å². The van der Waals surface area contributed by atoms with Gasteiger partial charge in [0.2, 0.25) is 5.91 Å². The SMILES string of the molecule is Cc1cccc2sc(=NC(=O)CCCS(=O)(=O)Cc3ccccc3)n(C)c12. The monoisotopic (exact) mass is 402 g/mol. The lowest BCUT2D eigenvalue weighted by atomic mass is 10.2. The number of aryl methyl sites for hydroxylation is 2. The molecular formula is C20H22N2O3S2. The summed E-state index contributed by atoms with van der Waals surface area (Å²) in [7, 11) is -1.34. The van der Waals surface area contributed by atoms with Crippen LogP contribution in [0.3, 0.4) is 0 Å². The largest absolute Gasteiger partial charge is 0.319 e. The van der Waals surface area contributed by atoms with Gasteiger partial charge < -0.3 is 4.57 Å². The maximum atomic E-state index is 12.2. The maximum absolute atomic E-state index is 12.2. The van der Waals surface area contributed by atoms with Crippen molar-refractivity contribution in [2.24, 2.45) is 12.0 Å². The van der Waals surface area contributed by atoms with Crippen molar-refractivity contribution < 1.29 is 13.2 Å². The van der Waals surface area contributed by atoms with Crippen molar-refractivity contribution in [1.82, 2.24) is 4.57 Å². The van der Waals surface area contributed by atoms with Crippen molar-refractivity contribution in [3.8, 4) is 0 Å². The Balaban J connectivity index is 1.64. The van der Waals surface area contributed by atoms with Gasteiger partial charge >= 0.3 is 0 Å². The number of benzene rings is 2. The molecule has 0 aliphatic heterocycles. The lowest BCUT2D eigenvalue weighted by Gasteiger charge is -2.03. The molecule has 1 aromatic heterocycles. The van der Waals surface area contributed by atoms with E-state index >= 15 is 0 Å². The summed E-state index contributed by atoms with van der Waals surface area (Å²) in [5.74, 6) is -0.297. The summed E-state index contributed by atoms with van der Waals surface area (Å²) < 4.78 is 27.4. The van der Waals surface area contributed by atoms with Crippen molar-refractivity contribution >= 4 is 37.3 Å². The summed E-state index contributed by atoms with van der Waals surface area (Å²) in [6.45, 7) is 2.03. The van der Waals surface area contributed by atoms with Gasteiger partial charge in [0.25, 0.3) is 0 Å². The number of carbonyl (C=O) groups excluding carboxylic acids is 1. The summed E-state index contributed by atoms with van der Waals surface area (Å²) in [6, 6.07) is 15.1. The van der Waals surface area contributed by atoms with Crippen LogP contribution in [0.25, 0.3) is 10.2 Å². The van der Waals surface area contributed by atoms with Gasteiger partial charge in [0.05, 0.1) is 21.7 Å². The van der Waals surface area contributed by atoms with Crippen LogP contribution in [0.4, 0.5) is 0 Å². The molecule has 5 nitrogen and oxygen atoms in total. The second-order valence-electron chi connectivity index (χ2n) is 6.55. The third-order valence-electron chi connectivity index (χ3n) is 4.32. The van der Waals surface area contributed by atoms with E-state index in [1.54, 1.807) is 12.1 Å². The van der Waals surface area contributed by atoms with Gasteiger partial charge in [-0.3, -0.25) is 4.79 Å². The van der Waals surface area contributed by atoms with E-state index in [2.05, 4.69) is 4.99 Å². The van der Waals surface area contributed by atoms with E-state index in [0.717, 1.165) is 21.3 Å². The standard InChI is InChI=1S/C20H22N2O3S2/c1-15-8-6-11-17-19(15)22(2)20(26-17)21-18(23)12-7-13-27(24,25)14-16-9-4-3-5-10-16/h3-6,8-11H,7,12-14H2,1-2H3. The Labute approximate surface area is 162 Å². The van der Waals surface area contributed by atoms with E-state index in [1.165, 1.54) is 11.3 Å². The number of para-hydroxylation sites is 1. The fourth-order valence-electron chi connectivity index (χ4n) is 3.01. The van der Waals surface area contributed by atoms with Crippen LogP contribution >= 0.6 is 11.3 Å². The molecule has 0 aliphatic rings. The van der Waals surface area contributed by atoms with Gasteiger partial charge in [0, 0.05) is 13.5 Å². The predicted molar refractivity (Wildman–Crippen MR) is 109 cm³/mol. The molecule has 0 bridgehead atoms. The van der Waals surface area contributed by atoms with E-state index in [1.807, 2.05) is 54.9 Å². The Hall–Kier alpha value is -2.25. The number of hydrogen-bond donors (Lipinski definition) is 0. The van der Waals surface area contributed by atoms with Gasteiger partial charge in [-0.15, -0.1) is 0 Å². The fraction of sp³-hybridized carbons (Fsp3) is 0.300. The van der Waals surface area contributed by atoms with Gasteiger partial charge in [0.1, 0.15) is 0 Å². The second kappa shape index (κ2) is 8.19. The quantitative estimate of drug-likeness (QED) is 0.635. The Morgan fingerprint density at radius 2 is 1.85 bits per heavy atom. The molecule has 0 spiro atoms. The smallest absolute Gasteiger partial charge is 0.248 e. The van der Waals surface area contributed by atoms with Gasteiger partial charge in [-0.25, -0.2) is 8.42 Å². The molecule has 1 amide bonds. The number of nitrogens with zero attached hydrogens (tertiary/aromatic N) is 2. The molecule has 3 aromatic rings. The molecule has 3 rings (SSSR count). The third kappa shape index (κ3) is 4.93. The molecule has 0 saturated carbocycles. The zero-order chi connectivity index (χ0) is 19.4. The molecule has 7 heteroatoms. The summed E-state index contributed by atoms with van der Waals surface area (Å²) in [5, 5.41) is 0. The van der Waals surface area contributed by atoms with Crippen LogP contribution in [-0.4, -0.2) is 24.6 Å². The number of sulfone groups is 1. The van der Waals surface area contributed by atoms with Crippen LogP contribution < -0.4 is 4.80 Å². The van der Waals surface area contributed by atoms with Crippen LogP contribution in [0.1, 0.15) is 24.0 Å². The minimum absolute atomic E-state index is 0.00369. The molecular weight excluding hydrogens is 380 g/mol. The lowest BCUT2D eigenvalue weighted by Crippen LogP contribution is -2.15. The Bertz CT molecular complexity index is 1130. The second-order valence-corrected chi connectivity index (χ2v) is 9.75. The molecule has 0 saturated heterocycles. The van der Waals surface area contributed by atoms with Crippen LogP contribution in [0.15, 0.2) is 53.5 Å². The zero-order valence-corrected chi connectivity index (χ0v) is 17.0. The summed E-state index contributed by atoms with van der Waals surface area (Å²) in [4.78, 5) is 17.0. The third-order valence-corrected chi connectivity index (χ3v) is 7.10. The Morgan fingerprint density at radius 1 is 1.11 bits per heavy atom. The minimum atomic E-state index is -3.23. The highest BCUT2D eigenvalue weighted by Gasteiger charge is 2.13. The van der Waals surface area contributed by atoms with Crippen molar-refractivity contribution in [2.45, 2.75) is 25.5 Å². The van der Waals surface area contributed by atoms with Crippen molar-refractivity contribution in [3.05, 3.63) is 64.5 Å². The maximum Gasteiger partial charge on any atom is 0.248 e. The minimum Gasteiger partial charge on any atom is -0.319 e. The van der Waals surface area contributed by atoms with Gasteiger partial charge in [0.15, 0.2) is 14.6 Å². The number of aromatic nitrogens is 1. The summed E-state index contributed by atoms with van der Waals surface area (Å²) in [5.41, 5.74) is 2.97. The van der Waals surface area contributed by atoms with Gasteiger partial charge in [-0.1, -0.05) is 53.8 Å². The predicted octanol–water partition coefficient (Wildman–Crippen LogP) is 3.37. The highest BCUT2D eigenvalue weighted by molar-refractivity contribution is 7.90. The number of carbonyl (C=O) groups is 1. The number of fused-ring (bicyclic) bond motifs is 1. The zero-order valence-electron chi connectivity index (χ0n) is 15.4. The molecule has 1 heterocycles. The van der Waals surface area contributed by atoms with Crippen LogP contribution in [0, 0.1) is 6.92 Å². The van der Waals surface area contributed by atoms with Crippen molar-refractivity contribution in [2.75, 3.05) is 5.75 Å². The van der Waals surface area contributed by atoms with Crippen LogP contribution in [-0.2, 0) is 27.4 Å². The van der Waals surface area contributed by atoms with E-state index in [4.69, 9.17) is 0 Å². The van der Waals surface area contributed by atoms with Crippen LogP contribution in [0.2, 0.25) is 0 Å².